The van der Waals surface area contributed by atoms with Crippen LogP contribution in [0.2, 0.25) is 5.02 Å². The van der Waals surface area contributed by atoms with Gasteiger partial charge in [0.1, 0.15) is 6.04 Å². The third kappa shape index (κ3) is 3.98. The molecule has 0 unspecified atom stereocenters. The molecular weight excluding hydrogens is 374 g/mol. The van der Waals surface area contributed by atoms with E-state index in [9.17, 15) is 13.2 Å². The number of hydrogen-bond donors (Lipinski definition) is 0. The number of ether oxygens (including phenoxy) is 1. The Morgan fingerprint density at radius 1 is 1.15 bits per heavy atom. The molecule has 2 aromatic rings. The maximum Gasteiger partial charge on any atom is 0.324 e. The molecule has 2 aromatic carbocycles. The molecule has 0 spiro atoms. The molecule has 0 amide bonds. The van der Waals surface area contributed by atoms with E-state index in [1.165, 1.54) is 17.5 Å². The van der Waals surface area contributed by atoms with Gasteiger partial charge in [-0.25, -0.2) is 8.42 Å². The largest absolute Gasteiger partial charge is 0.468 e. The number of nitrogens with zero attached hydrogens (tertiary/aromatic N) is 1. The summed E-state index contributed by atoms with van der Waals surface area (Å²) < 4.78 is 31.8. The van der Waals surface area contributed by atoms with Gasteiger partial charge in [0, 0.05) is 23.4 Å². The molecule has 5 nitrogen and oxygen atoms in total. The van der Waals surface area contributed by atoms with Gasteiger partial charge in [-0.1, -0.05) is 48.0 Å². The van der Waals surface area contributed by atoms with Gasteiger partial charge in [0.05, 0.1) is 7.11 Å². The van der Waals surface area contributed by atoms with Crippen molar-refractivity contribution in [1.82, 2.24) is 4.31 Å². The van der Waals surface area contributed by atoms with E-state index in [4.69, 9.17) is 16.3 Å². The van der Waals surface area contributed by atoms with Crippen molar-refractivity contribution < 1.29 is 17.9 Å². The summed E-state index contributed by atoms with van der Waals surface area (Å²) in [5.74, 6) is -0.567. The first kappa shape index (κ1) is 18.6. The second kappa shape index (κ2) is 7.61. The highest BCUT2D eigenvalue weighted by Gasteiger charge is 2.38. The SMILES string of the molecule is COC(=O)[C@@H]1Cc2ccccc2CN1S(=O)(=O)/C=C/c1ccc(Cl)cc1. The van der Waals surface area contributed by atoms with E-state index in [0.29, 0.717) is 10.6 Å². The molecule has 0 aromatic heterocycles. The lowest BCUT2D eigenvalue weighted by molar-refractivity contribution is -0.145. The number of esters is 1. The van der Waals surface area contributed by atoms with Gasteiger partial charge in [-0.2, -0.15) is 4.31 Å². The van der Waals surface area contributed by atoms with Crippen molar-refractivity contribution in [2.75, 3.05) is 7.11 Å². The van der Waals surface area contributed by atoms with E-state index in [-0.39, 0.29) is 13.0 Å². The summed E-state index contributed by atoms with van der Waals surface area (Å²) in [6.07, 6.45) is 1.78. The van der Waals surface area contributed by atoms with Gasteiger partial charge >= 0.3 is 5.97 Å². The standard InChI is InChI=1S/C19H18ClNO4S/c1-25-19(22)18-12-15-4-2-3-5-16(15)13-21(18)26(23,24)11-10-14-6-8-17(20)9-7-14/h2-11,18H,12-13H2,1H3/b11-10+/t18-/m0/s1. The lowest BCUT2D eigenvalue weighted by Crippen LogP contribution is -2.48. The first-order chi connectivity index (χ1) is 12.4. The number of sulfonamides is 1. The molecule has 1 heterocycles. The van der Waals surface area contributed by atoms with Crippen molar-refractivity contribution in [3.63, 3.8) is 0 Å². The van der Waals surface area contributed by atoms with E-state index < -0.39 is 22.0 Å². The van der Waals surface area contributed by atoms with Crippen molar-refractivity contribution in [2.24, 2.45) is 0 Å². The van der Waals surface area contributed by atoms with Crippen LogP contribution in [0.5, 0.6) is 0 Å². The van der Waals surface area contributed by atoms with Crippen LogP contribution in [-0.4, -0.2) is 31.8 Å². The van der Waals surface area contributed by atoms with Gasteiger partial charge in [0.2, 0.25) is 10.0 Å². The zero-order valence-electron chi connectivity index (χ0n) is 14.1. The lowest BCUT2D eigenvalue weighted by atomic mass is 9.96. The number of fused-ring (bicyclic) bond motifs is 1. The number of carbonyl (C=O) groups excluding carboxylic acids is 1. The zero-order valence-corrected chi connectivity index (χ0v) is 15.7. The van der Waals surface area contributed by atoms with Crippen LogP contribution in [0, 0.1) is 0 Å². The van der Waals surface area contributed by atoms with Crippen LogP contribution >= 0.6 is 11.6 Å². The Hall–Kier alpha value is -2.15. The van der Waals surface area contributed by atoms with Crippen LogP contribution in [0.25, 0.3) is 6.08 Å². The third-order valence-corrected chi connectivity index (χ3v) is 6.08. The molecule has 136 valence electrons. The Labute approximate surface area is 157 Å². The number of halogens is 1. The predicted molar refractivity (Wildman–Crippen MR) is 101 cm³/mol. The molecule has 26 heavy (non-hydrogen) atoms. The molecule has 0 bridgehead atoms. The van der Waals surface area contributed by atoms with Gasteiger partial charge in [-0.3, -0.25) is 4.79 Å². The van der Waals surface area contributed by atoms with Gasteiger partial charge in [-0.15, -0.1) is 0 Å². The minimum Gasteiger partial charge on any atom is -0.468 e. The highest BCUT2D eigenvalue weighted by molar-refractivity contribution is 7.92. The molecule has 0 aliphatic carbocycles. The van der Waals surface area contributed by atoms with E-state index in [0.717, 1.165) is 16.5 Å². The minimum absolute atomic E-state index is 0.128. The van der Waals surface area contributed by atoms with Crippen LogP contribution in [-0.2, 0) is 32.5 Å². The Kier molecular flexibility index (Phi) is 5.46. The number of benzene rings is 2. The zero-order chi connectivity index (χ0) is 18.7. The molecule has 1 aliphatic heterocycles. The first-order valence-corrected chi connectivity index (χ1v) is 9.89. The van der Waals surface area contributed by atoms with Crippen molar-refractivity contribution in [3.8, 4) is 0 Å². The van der Waals surface area contributed by atoms with Crippen LogP contribution < -0.4 is 0 Å². The van der Waals surface area contributed by atoms with Crippen molar-refractivity contribution in [2.45, 2.75) is 19.0 Å². The van der Waals surface area contributed by atoms with Crippen molar-refractivity contribution >= 4 is 33.7 Å². The third-order valence-electron chi connectivity index (χ3n) is 4.31. The Morgan fingerprint density at radius 2 is 1.81 bits per heavy atom. The number of carbonyl (C=O) groups is 1. The maximum atomic E-state index is 12.9. The maximum absolute atomic E-state index is 12.9. The Morgan fingerprint density at radius 3 is 2.46 bits per heavy atom. The second-order valence-corrected chi connectivity index (χ2v) is 8.16. The predicted octanol–water partition coefficient (Wildman–Crippen LogP) is 3.24. The van der Waals surface area contributed by atoms with Gasteiger partial charge in [0.15, 0.2) is 0 Å². The van der Waals surface area contributed by atoms with Gasteiger partial charge < -0.3 is 4.74 Å². The summed E-state index contributed by atoms with van der Waals surface area (Å²) in [4.78, 5) is 12.2. The summed E-state index contributed by atoms with van der Waals surface area (Å²) in [5.41, 5.74) is 2.54. The van der Waals surface area contributed by atoms with Gasteiger partial charge in [0.25, 0.3) is 0 Å². The lowest BCUT2D eigenvalue weighted by Gasteiger charge is -2.33. The van der Waals surface area contributed by atoms with E-state index in [2.05, 4.69) is 0 Å². The average Bonchev–Trinajstić information content (AvgIpc) is 2.66. The van der Waals surface area contributed by atoms with E-state index >= 15 is 0 Å². The monoisotopic (exact) mass is 391 g/mol. The Bertz CT molecular complexity index is 938. The summed E-state index contributed by atoms with van der Waals surface area (Å²) in [6, 6.07) is 13.4. The molecule has 0 N–H and O–H groups in total. The van der Waals surface area contributed by atoms with Crippen LogP contribution in [0.4, 0.5) is 0 Å². The van der Waals surface area contributed by atoms with Crippen LogP contribution in [0.15, 0.2) is 53.9 Å². The molecular formula is C19H18ClNO4S. The summed E-state index contributed by atoms with van der Waals surface area (Å²) >= 11 is 5.84. The summed E-state index contributed by atoms with van der Waals surface area (Å²) in [6.45, 7) is 0.128. The Balaban J connectivity index is 1.92. The number of rotatable bonds is 4. The molecule has 0 radical (unpaired) electrons. The summed E-state index contributed by atoms with van der Waals surface area (Å²) in [7, 11) is -2.56. The van der Waals surface area contributed by atoms with Crippen LogP contribution in [0.3, 0.4) is 0 Å². The molecule has 0 fully saturated rings. The number of methoxy groups -OCH3 is 1. The normalized spacial score (nSPS) is 17.8. The average molecular weight is 392 g/mol. The molecule has 0 saturated heterocycles. The molecule has 1 aliphatic rings. The van der Waals surface area contributed by atoms with Crippen molar-refractivity contribution in [3.05, 3.63) is 75.7 Å². The molecule has 0 saturated carbocycles. The van der Waals surface area contributed by atoms with Crippen LogP contribution in [0.1, 0.15) is 16.7 Å². The molecule has 3 rings (SSSR count). The minimum atomic E-state index is -3.82. The fraction of sp³-hybridized carbons (Fsp3) is 0.211. The highest BCUT2D eigenvalue weighted by Crippen LogP contribution is 2.27. The topological polar surface area (TPSA) is 63.7 Å². The molecule has 1 atom stereocenters. The molecule has 7 heteroatoms. The quantitative estimate of drug-likeness (QED) is 0.750. The van der Waals surface area contributed by atoms with Crippen molar-refractivity contribution in [1.29, 1.82) is 0 Å². The fourth-order valence-electron chi connectivity index (χ4n) is 2.92. The number of hydrogen-bond acceptors (Lipinski definition) is 4. The second-order valence-electron chi connectivity index (χ2n) is 5.96. The van der Waals surface area contributed by atoms with E-state index in [1.54, 1.807) is 24.3 Å². The highest BCUT2D eigenvalue weighted by atomic mass is 35.5. The fourth-order valence-corrected chi connectivity index (χ4v) is 4.37. The smallest absolute Gasteiger partial charge is 0.324 e. The summed E-state index contributed by atoms with van der Waals surface area (Å²) in [5, 5.41) is 1.68. The van der Waals surface area contributed by atoms with Gasteiger partial charge in [-0.05, 0) is 34.9 Å². The van der Waals surface area contributed by atoms with E-state index in [1.807, 2.05) is 24.3 Å². The first-order valence-electron chi connectivity index (χ1n) is 8.01.